The molecule has 102 valence electrons. The Balaban J connectivity index is 2.27. The Morgan fingerprint density at radius 3 is 2.26 bits per heavy atom. The van der Waals surface area contributed by atoms with Crippen molar-refractivity contribution < 1.29 is 18.1 Å². The summed E-state index contributed by atoms with van der Waals surface area (Å²) < 4.78 is 36.2. The molecular weight excluding hydrogens is 251 g/mol. The van der Waals surface area contributed by atoms with E-state index in [-0.39, 0.29) is 0 Å². The molecule has 1 aromatic rings. The van der Waals surface area contributed by atoms with Crippen LogP contribution in [0.25, 0.3) is 6.08 Å². The van der Waals surface area contributed by atoms with Crippen LogP contribution in [0.2, 0.25) is 0 Å². The fraction of sp³-hybridized carbons (Fsp3) is 0.462. The summed E-state index contributed by atoms with van der Waals surface area (Å²) in [6.07, 6.45) is 1.94. The van der Waals surface area contributed by atoms with Crippen LogP contribution in [0.1, 0.15) is 33.3 Å². The highest BCUT2D eigenvalue weighted by molar-refractivity contribution is 6.62. The zero-order valence-corrected chi connectivity index (χ0v) is 11.4. The lowest BCUT2D eigenvalue weighted by molar-refractivity contribution is 0.00578. The summed E-state index contributed by atoms with van der Waals surface area (Å²) >= 11 is 0. The molecule has 1 aliphatic heterocycles. The molecule has 0 bridgehead atoms. The van der Waals surface area contributed by atoms with Crippen LogP contribution >= 0.6 is 0 Å². The maximum absolute atomic E-state index is 12.2. The van der Waals surface area contributed by atoms with Gasteiger partial charge in [-0.2, -0.15) is 8.78 Å². The van der Waals surface area contributed by atoms with Crippen LogP contribution in [-0.4, -0.2) is 23.3 Å². The number of nitrogens with zero attached hydrogens (tertiary/aromatic N) is 1. The van der Waals surface area contributed by atoms with Crippen LogP contribution in [0.3, 0.4) is 0 Å². The average molecular weight is 267 g/mol. The van der Waals surface area contributed by atoms with E-state index in [1.54, 1.807) is 12.3 Å². The molecule has 0 radical (unpaired) electrons. The maximum Gasteiger partial charge on any atom is 0.496 e. The van der Waals surface area contributed by atoms with Crippen molar-refractivity contribution in [1.82, 2.24) is 4.98 Å². The highest BCUT2D eigenvalue weighted by Gasteiger charge is 2.51. The van der Waals surface area contributed by atoms with E-state index in [1.807, 2.05) is 27.7 Å². The van der Waals surface area contributed by atoms with E-state index in [4.69, 9.17) is 9.31 Å². The van der Waals surface area contributed by atoms with E-state index in [9.17, 15) is 8.78 Å². The highest BCUT2D eigenvalue weighted by Crippen LogP contribution is 2.36. The van der Waals surface area contributed by atoms with E-state index in [0.717, 1.165) is 6.08 Å². The van der Waals surface area contributed by atoms with E-state index in [2.05, 4.69) is 4.98 Å². The second-order valence-corrected chi connectivity index (χ2v) is 5.57. The van der Waals surface area contributed by atoms with Gasteiger partial charge in [0, 0.05) is 23.9 Å². The predicted molar refractivity (Wildman–Crippen MR) is 70.1 cm³/mol. The Bertz CT molecular complexity index is 497. The lowest BCUT2D eigenvalue weighted by atomic mass is 9.80. The zero-order valence-electron chi connectivity index (χ0n) is 11.4. The molecule has 19 heavy (non-hydrogen) atoms. The molecule has 3 nitrogen and oxygen atoms in total. The molecule has 1 fully saturated rings. The SMILES string of the molecule is CC1(C)OB(c2cncc(C=C(F)F)c2)OC1(C)C. The zero-order chi connectivity index (χ0) is 14.3. The molecule has 2 heterocycles. The van der Waals surface area contributed by atoms with E-state index in [0.29, 0.717) is 11.0 Å². The van der Waals surface area contributed by atoms with Crippen LogP contribution in [0, 0.1) is 0 Å². The minimum absolute atomic E-state index is 0.326. The second kappa shape index (κ2) is 4.69. The Hall–Kier alpha value is -1.27. The van der Waals surface area contributed by atoms with Crippen molar-refractivity contribution in [2.24, 2.45) is 0 Å². The Morgan fingerprint density at radius 2 is 1.74 bits per heavy atom. The van der Waals surface area contributed by atoms with Gasteiger partial charge >= 0.3 is 7.12 Å². The van der Waals surface area contributed by atoms with Crippen LogP contribution in [0.15, 0.2) is 24.5 Å². The highest BCUT2D eigenvalue weighted by atomic mass is 19.3. The minimum atomic E-state index is -1.76. The third-order valence-electron chi connectivity index (χ3n) is 3.58. The third kappa shape index (κ3) is 2.85. The molecule has 6 heteroatoms. The normalized spacial score (nSPS) is 20.4. The minimum Gasteiger partial charge on any atom is -0.399 e. The lowest BCUT2D eigenvalue weighted by Gasteiger charge is -2.32. The molecule has 0 N–H and O–H groups in total. The van der Waals surface area contributed by atoms with Gasteiger partial charge in [-0.1, -0.05) is 6.07 Å². The fourth-order valence-corrected chi connectivity index (χ4v) is 1.79. The van der Waals surface area contributed by atoms with E-state index < -0.39 is 24.4 Å². The van der Waals surface area contributed by atoms with Gasteiger partial charge in [-0.25, -0.2) is 0 Å². The van der Waals surface area contributed by atoms with Crippen LogP contribution < -0.4 is 5.46 Å². The Morgan fingerprint density at radius 1 is 1.16 bits per heavy atom. The predicted octanol–water partition coefficient (Wildman–Crippen LogP) is 2.62. The molecule has 0 aliphatic carbocycles. The number of halogens is 2. The van der Waals surface area contributed by atoms with Gasteiger partial charge in [0.2, 0.25) is 0 Å². The summed E-state index contributed by atoms with van der Waals surface area (Å²) in [5.74, 6) is 0. The van der Waals surface area contributed by atoms with Crippen molar-refractivity contribution in [3.05, 3.63) is 30.1 Å². The average Bonchev–Trinajstić information content (AvgIpc) is 2.47. The molecule has 0 atom stereocenters. The number of hydrogen-bond acceptors (Lipinski definition) is 3. The molecule has 2 rings (SSSR count). The van der Waals surface area contributed by atoms with Crippen molar-refractivity contribution in [2.45, 2.75) is 38.9 Å². The van der Waals surface area contributed by atoms with Crippen molar-refractivity contribution in [3.8, 4) is 0 Å². The second-order valence-electron chi connectivity index (χ2n) is 5.57. The molecule has 1 aromatic heterocycles. The molecule has 0 saturated carbocycles. The molecule has 0 spiro atoms. The van der Waals surface area contributed by atoms with E-state index in [1.165, 1.54) is 6.20 Å². The van der Waals surface area contributed by atoms with Crippen molar-refractivity contribution in [2.75, 3.05) is 0 Å². The van der Waals surface area contributed by atoms with Gasteiger partial charge in [0.05, 0.1) is 11.2 Å². The summed E-state index contributed by atoms with van der Waals surface area (Å²) in [5, 5.41) is 0. The topological polar surface area (TPSA) is 31.4 Å². The van der Waals surface area contributed by atoms with Gasteiger partial charge in [0.15, 0.2) is 0 Å². The first kappa shape index (κ1) is 14.2. The van der Waals surface area contributed by atoms with Crippen molar-refractivity contribution >= 4 is 18.7 Å². The molecule has 0 amide bonds. The number of pyridine rings is 1. The van der Waals surface area contributed by atoms with Crippen LogP contribution in [0.4, 0.5) is 8.78 Å². The summed E-state index contributed by atoms with van der Waals surface area (Å²) in [6.45, 7) is 7.74. The first-order chi connectivity index (χ1) is 8.71. The van der Waals surface area contributed by atoms with Crippen molar-refractivity contribution in [3.63, 3.8) is 0 Å². The smallest absolute Gasteiger partial charge is 0.399 e. The number of rotatable bonds is 2. The molecule has 0 unspecified atom stereocenters. The number of hydrogen-bond donors (Lipinski definition) is 0. The Labute approximate surface area is 111 Å². The first-order valence-corrected chi connectivity index (χ1v) is 6.04. The largest absolute Gasteiger partial charge is 0.496 e. The van der Waals surface area contributed by atoms with Gasteiger partial charge in [0.1, 0.15) is 0 Å². The van der Waals surface area contributed by atoms with Crippen LogP contribution in [-0.2, 0) is 9.31 Å². The van der Waals surface area contributed by atoms with Gasteiger partial charge in [0.25, 0.3) is 6.08 Å². The quantitative estimate of drug-likeness (QED) is 0.772. The van der Waals surface area contributed by atoms with Crippen molar-refractivity contribution in [1.29, 1.82) is 0 Å². The fourth-order valence-electron chi connectivity index (χ4n) is 1.79. The lowest BCUT2D eigenvalue weighted by Crippen LogP contribution is -2.41. The van der Waals surface area contributed by atoms with Gasteiger partial charge in [-0.05, 0) is 33.3 Å². The molecule has 0 aromatic carbocycles. The maximum atomic E-state index is 12.2. The third-order valence-corrected chi connectivity index (χ3v) is 3.58. The number of aromatic nitrogens is 1. The summed E-state index contributed by atoms with van der Waals surface area (Å²) in [5.41, 5.74) is 0.0322. The van der Waals surface area contributed by atoms with Crippen LogP contribution in [0.5, 0.6) is 0 Å². The molecular formula is C13H16BF2NO2. The first-order valence-electron chi connectivity index (χ1n) is 6.04. The standard InChI is InChI=1S/C13H16BF2NO2/c1-12(2)13(3,4)19-14(18-12)10-5-9(6-11(15)16)7-17-8-10/h5-8H,1-4H3. The molecule has 1 aliphatic rings. The van der Waals surface area contributed by atoms with Gasteiger partial charge in [-0.15, -0.1) is 0 Å². The summed E-state index contributed by atoms with van der Waals surface area (Å²) in [4.78, 5) is 3.94. The summed E-state index contributed by atoms with van der Waals surface area (Å²) in [7, 11) is -0.589. The summed E-state index contributed by atoms with van der Waals surface area (Å²) in [6, 6.07) is 1.59. The van der Waals surface area contributed by atoms with Gasteiger partial charge < -0.3 is 9.31 Å². The Kier molecular flexibility index (Phi) is 3.49. The van der Waals surface area contributed by atoms with E-state index >= 15 is 0 Å². The monoisotopic (exact) mass is 267 g/mol. The van der Waals surface area contributed by atoms with Gasteiger partial charge in [-0.3, -0.25) is 4.98 Å². The molecule has 1 saturated heterocycles.